The number of aryl methyl sites for hydroxylation is 2. The Morgan fingerprint density at radius 3 is 2.59 bits per heavy atom. The Hall–Kier alpha value is -3.28. The zero-order valence-electron chi connectivity index (χ0n) is 15.3. The largest absolute Gasteiger partial charge is 0.352 e. The lowest BCUT2D eigenvalue weighted by Gasteiger charge is -2.06. The molecule has 138 valence electrons. The van der Waals surface area contributed by atoms with Crippen LogP contribution in [-0.2, 0) is 13.5 Å². The summed E-state index contributed by atoms with van der Waals surface area (Å²) in [5, 5.41) is 7.17. The predicted octanol–water partition coefficient (Wildman–Crippen LogP) is 2.60. The number of amides is 1. The molecule has 6 nitrogen and oxygen atoms in total. The second kappa shape index (κ2) is 8.89. The monoisotopic (exact) mass is 362 g/mol. The number of hydrogen-bond acceptors (Lipinski definition) is 4. The summed E-state index contributed by atoms with van der Waals surface area (Å²) < 4.78 is 1.34. The molecule has 3 rings (SSSR count). The van der Waals surface area contributed by atoms with Gasteiger partial charge in [-0.25, -0.2) is 4.68 Å². The van der Waals surface area contributed by atoms with E-state index in [9.17, 15) is 9.59 Å². The molecule has 0 bridgehead atoms. The zero-order valence-corrected chi connectivity index (χ0v) is 15.3. The zero-order chi connectivity index (χ0) is 19.1. The molecule has 0 radical (unpaired) electrons. The second-order valence-corrected chi connectivity index (χ2v) is 6.33. The molecule has 1 amide bonds. The second-order valence-electron chi connectivity index (χ2n) is 6.33. The predicted molar refractivity (Wildman–Crippen MR) is 104 cm³/mol. The van der Waals surface area contributed by atoms with E-state index in [4.69, 9.17) is 0 Å². The van der Waals surface area contributed by atoms with E-state index < -0.39 is 0 Å². The van der Waals surface area contributed by atoms with Crippen molar-refractivity contribution < 1.29 is 4.79 Å². The van der Waals surface area contributed by atoms with Crippen LogP contribution >= 0.6 is 0 Å². The quantitative estimate of drug-likeness (QED) is 0.656. The first-order valence-electron chi connectivity index (χ1n) is 8.95. The molecule has 0 aliphatic rings. The number of aromatic nitrogens is 3. The van der Waals surface area contributed by atoms with Gasteiger partial charge in [0, 0.05) is 37.6 Å². The highest BCUT2D eigenvalue weighted by Gasteiger charge is 2.04. The Labute approximate surface area is 157 Å². The first-order chi connectivity index (χ1) is 13.1. The van der Waals surface area contributed by atoms with Crippen LogP contribution in [0.25, 0.3) is 11.3 Å². The van der Waals surface area contributed by atoms with Gasteiger partial charge in [-0.3, -0.25) is 14.6 Å². The summed E-state index contributed by atoms with van der Waals surface area (Å²) in [5.41, 5.74) is 3.47. The normalized spacial score (nSPS) is 10.6. The van der Waals surface area contributed by atoms with E-state index >= 15 is 0 Å². The summed E-state index contributed by atoms with van der Waals surface area (Å²) in [5.74, 6) is -0.0859. The maximum atomic E-state index is 11.9. The van der Waals surface area contributed by atoms with E-state index in [1.807, 2.05) is 12.1 Å². The van der Waals surface area contributed by atoms with Crippen LogP contribution in [0.2, 0.25) is 0 Å². The third-order valence-electron chi connectivity index (χ3n) is 4.31. The highest BCUT2D eigenvalue weighted by molar-refractivity contribution is 5.93. The van der Waals surface area contributed by atoms with Crippen LogP contribution in [0.3, 0.4) is 0 Å². The van der Waals surface area contributed by atoms with Crippen LogP contribution < -0.4 is 10.9 Å². The third kappa shape index (κ3) is 5.10. The van der Waals surface area contributed by atoms with Crippen LogP contribution in [0, 0.1) is 0 Å². The topological polar surface area (TPSA) is 76.9 Å². The maximum absolute atomic E-state index is 11.9. The van der Waals surface area contributed by atoms with E-state index in [1.54, 1.807) is 37.6 Å². The number of nitrogens with zero attached hydrogens (tertiary/aromatic N) is 3. The van der Waals surface area contributed by atoms with E-state index in [-0.39, 0.29) is 11.5 Å². The molecule has 3 aromatic rings. The lowest BCUT2D eigenvalue weighted by Crippen LogP contribution is -2.24. The fraction of sp³-hybridized carbons (Fsp3) is 0.238. The summed E-state index contributed by atoms with van der Waals surface area (Å²) >= 11 is 0. The number of nitrogens with one attached hydrogen (secondary N) is 1. The first kappa shape index (κ1) is 18.5. The molecule has 0 unspecified atom stereocenters. The van der Waals surface area contributed by atoms with Crippen molar-refractivity contribution in [3.8, 4) is 11.3 Å². The minimum atomic E-state index is -0.119. The average Bonchev–Trinajstić information content (AvgIpc) is 2.71. The summed E-state index contributed by atoms with van der Waals surface area (Å²) in [6.07, 6.45) is 6.07. The minimum absolute atomic E-state index is 0.0859. The molecule has 0 fully saturated rings. The van der Waals surface area contributed by atoms with Gasteiger partial charge in [0.05, 0.1) is 11.3 Å². The SMILES string of the molecule is Cn1nc(-c2ccc(CCCCNC(=O)c3cccnc3)cc2)ccc1=O. The number of rotatable bonds is 7. The first-order valence-corrected chi connectivity index (χ1v) is 8.95. The van der Waals surface area contributed by atoms with Crippen molar-refractivity contribution in [2.45, 2.75) is 19.3 Å². The van der Waals surface area contributed by atoms with Crippen molar-refractivity contribution in [3.63, 3.8) is 0 Å². The van der Waals surface area contributed by atoms with Crippen molar-refractivity contribution >= 4 is 5.91 Å². The number of hydrogen-bond donors (Lipinski definition) is 1. The van der Waals surface area contributed by atoms with E-state index in [0.29, 0.717) is 12.1 Å². The lowest BCUT2D eigenvalue weighted by atomic mass is 10.0. The number of carbonyl (C=O) groups is 1. The number of carbonyl (C=O) groups excluding carboxylic acids is 1. The van der Waals surface area contributed by atoms with Gasteiger partial charge in [0.2, 0.25) is 0 Å². The van der Waals surface area contributed by atoms with Crippen LogP contribution in [0.15, 0.2) is 65.7 Å². The molecule has 0 saturated heterocycles. The average molecular weight is 362 g/mol. The van der Waals surface area contributed by atoms with Gasteiger partial charge in [-0.05, 0) is 43.0 Å². The van der Waals surface area contributed by atoms with Crippen molar-refractivity contribution in [1.82, 2.24) is 20.1 Å². The molecule has 0 aliphatic carbocycles. The van der Waals surface area contributed by atoms with Crippen LogP contribution in [0.1, 0.15) is 28.8 Å². The molecule has 6 heteroatoms. The standard InChI is InChI=1S/C21H22N4O2/c1-25-20(26)12-11-19(24-25)17-9-7-16(8-10-17)5-2-3-14-23-21(27)18-6-4-13-22-15-18/h4,6-13,15H,2-3,5,14H2,1H3,(H,23,27). The number of benzene rings is 1. The highest BCUT2D eigenvalue weighted by atomic mass is 16.1. The summed E-state index contributed by atoms with van der Waals surface area (Å²) in [6.45, 7) is 0.647. The van der Waals surface area contributed by atoms with Crippen molar-refractivity contribution in [2.24, 2.45) is 7.05 Å². The van der Waals surface area contributed by atoms with Gasteiger partial charge in [0.25, 0.3) is 11.5 Å². The number of unbranched alkanes of at least 4 members (excludes halogenated alkanes) is 1. The Morgan fingerprint density at radius 1 is 1.07 bits per heavy atom. The number of pyridine rings is 1. The van der Waals surface area contributed by atoms with Crippen LogP contribution in [-0.4, -0.2) is 27.2 Å². The fourth-order valence-electron chi connectivity index (χ4n) is 2.75. The maximum Gasteiger partial charge on any atom is 0.266 e. The van der Waals surface area contributed by atoms with Gasteiger partial charge < -0.3 is 5.32 Å². The molecule has 2 heterocycles. The van der Waals surface area contributed by atoms with E-state index in [0.717, 1.165) is 30.5 Å². The fourth-order valence-corrected chi connectivity index (χ4v) is 2.75. The van der Waals surface area contributed by atoms with E-state index in [2.05, 4.69) is 27.5 Å². The summed E-state index contributed by atoms with van der Waals surface area (Å²) in [4.78, 5) is 27.3. The van der Waals surface area contributed by atoms with Crippen molar-refractivity contribution in [2.75, 3.05) is 6.54 Å². The smallest absolute Gasteiger partial charge is 0.266 e. The lowest BCUT2D eigenvalue weighted by molar-refractivity contribution is 0.0952. The highest BCUT2D eigenvalue weighted by Crippen LogP contribution is 2.17. The van der Waals surface area contributed by atoms with Crippen LogP contribution in [0.5, 0.6) is 0 Å². The third-order valence-corrected chi connectivity index (χ3v) is 4.31. The molecule has 0 spiro atoms. The van der Waals surface area contributed by atoms with Crippen molar-refractivity contribution in [3.05, 3.63) is 82.4 Å². The molecule has 2 aromatic heterocycles. The summed E-state index contributed by atoms with van der Waals surface area (Å²) in [6, 6.07) is 15.0. The minimum Gasteiger partial charge on any atom is -0.352 e. The molecule has 0 atom stereocenters. The van der Waals surface area contributed by atoms with Gasteiger partial charge in [-0.15, -0.1) is 0 Å². The Balaban J connectivity index is 1.44. The Bertz CT molecular complexity index is 950. The Kier molecular flexibility index (Phi) is 6.10. The molecule has 0 saturated carbocycles. The molecule has 27 heavy (non-hydrogen) atoms. The van der Waals surface area contributed by atoms with Gasteiger partial charge >= 0.3 is 0 Å². The molecule has 0 aliphatic heterocycles. The molecule has 1 N–H and O–H groups in total. The molecule has 1 aromatic carbocycles. The van der Waals surface area contributed by atoms with Gasteiger partial charge in [0.15, 0.2) is 0 Å². The Morgan fingerprint density at radius 2 is 1.89 bits per heavy atom. The van der Waals surface area contributed by atoms with E-state index in [1.165, 1.54) is 16.3 Å². The van der Waals surface area contributed by atoms with Gasteiger partial charge in [-0.2, -0.15) is 5.10 Å². The summed E-state index contributed by atoms with van der Waals surface area (Å²) in [7, 11) is 1.65. The molecular formula is C21H22N4O2. The van der Waals surface area contributed by atoms with Gasteiger partial charge in [0.1, 0.15) is 0 Å². The van der Waals surface area contributed by atoms with Crippen molar-refractivity contribution in [1.29, 1.82) is 0 Å². The molecular weight excluding hydrogens is 340 g/mol. The van der Waals surface area contributed by atoms with Gasteiger partial charge in [-0.1, -0.05) is 24.3 Å². The van der Waals surface area contributed by atoms with Crippen LogP contribution in [0.4, 0.5) is 0 Å².